The number of benzene rings is 2. The van der Waals surface area contributed by atoms with Crippen molar-refractivity contribution in [2.45, 2.75) is 41.7 Å². The molecule has 3 heterocycles. The van der Waals surface area contributed by atoms with Crippen LogP contribution >= 0.6 is 34.9 Å². The molecule has 0 saturated heterocycles. The van der Waals surface area contributed by atoms with Gasteiger partial charge in [-0.05, 0) is 29.7 Å². The van der Waals surface area contributed by atoms with Gasteiger partial charge >= 0.3 is 0 Å². The highest BCUT2D eigenvalue weighted by molar-refractivity contribution is 8.00. The zero-order chi connectivity index (χ0) is 20.7. The highest BCUT2D eigenvalue weighted by Gasteiger charge is 2.31. The number of hydrogen-bond acceptors (Lipinski definition) is 5. The maximum absolute atomic E-state index is 13.8. The van der Waals surface area contributed by atoms with Crippen LogP contribution in [0.15, 0.2) is 70.6 Å². The minimum Gasteiger partial charge on any atom is -0.268 e. The summed E-state index contributed by atoms with van der Waals surface area (Å²) in [5.74, 6) is 1.74. The third-order valence-electron chi connectivity index (χ3n) is 5.30. The molecule has 0 fully saturated rings. The Hall–Kier alpha value is -2.02. The predicted molar refractivity (Wildman–Crippen MR) is 130 cm³/mol. The molecule has 1 aliphatic heterocycles. The van der Waals surface area contributed by atoms with E-state index in [0.717, 1.165) is 39.0 Å². The van der Waals surface area contributed by atoms with Gasteiger partial charge in [0.25, 0.3) is 5.56 Å². The number of para-hydroxylation sites is 1. The molecule has 2 aromatic carbocycles. The van der Waals surface area contributed by atoms with Gasteiger partial charge in [-0.3, -0.25) is 9.36 Å². The van der Waals surface area contributed by atoms with Crippen LogP contribution in [0.5, 0.6) is 0 Å². The number of thioether (sulfide) groups is 2. The lowest BCUT2D eigenvalue weighted by Crippen LogP contribution is -2.26. The molecular weight excluding hydrogens is 428 g/mol. The molecule has 0 N–H and O–H groups in total. The highest BCUT2D eigenvalue weighted by atomic mass is 32.2. The summed E-state index contributed by atoms with van der Waals surface area (Å²) in [7, 11) is 0. The molecule has 0 atom stereocenters. The molecule has 0 saturated carbocycles. The Bertz CT molecular complexity index is 1260. The Morgan fingerprint density at radius 1 is 1.07 bits per heavy atom. The number of fused-ring (bicyclic) bond motifs is 3. The lowest BCUT2D eigenvalue weighted by atomic mass is 10.00. The second-order valence-corrected chi connectivity index (χ2v) is 11.8. The number of rotatable bonds is 4. The van der Waals surface area contributed by atoms with Crippen LogP contribution < -0.4 is 5.56 Å². The normalized spacial score (nSPS) is 15.3. The van der Waals surface area contributed by atoms with Gasteiger partial charge in [-0.2, -0.15) is 0 Å². The summed E-state index contributed by atoms with van der Waals surface area (Å²) >= 11 is 5.28. The van der Waals surface area contributed by atoms with Gasteiger partial charge in [0.2, 0.25) is 0 Å². The molecule has 30 heavy (non-hydrogen) atoms. The summed E-state index contributed by atoms with van der Waals surface area (Å²) in [4.78, 5) is 21.0. The van der Waals surface area contributed by atoms with Gasteiger partial charge in [0.15, 0.2) is 5.16 Å². The van der Waals surface area contributed by atoms with Crippen LogP contribution in [0.3, 0.4) is 0 Å². The molecule has 0 aliphatic carbocycles. The van der Waals surface area contributed by atoms with Crippen LogP contribution in [0.2, 0.25) is 0 Å². The van der Waals surface area contributed by atoms with Crippen LogP contribution in [-0.2, 0) is 17.9 Å². The zero-order valence-electron chi connectivity index (χ0n) is 16.9. The van der Waals surface area contributed by atoms with Crippen LogP contribution in [-0.4, -0.2) is 14.3 Å². The van der Waals surface area contributed by atoms with E-state index in [1.54, 1.807) is 27.7 Å². The quantitative estimate of drug-likeness (QED) is 0.270. The van der Waals surface area contributed by atoms with E-state index in [-0.39, 0.29) is 10.3 Å². The molecule has 0 unspecified atom stereocenters. The summed E-state index contributed by atoms with van der Waals surface area (Å²) in [6, 6.07) is 20.2. The largest absolute Gasteiger partial charge is 0.268 e. The van der Waals surface area contributed by atoms with E-state index in [0.29, 0.717) is 0 Å². The Kier molecular flexibility index (Phi) is 5.25. The van der Waals surface area contributed by atoms with Crippen molar-refractivity contribution in [3.8, 4) is 5.69 Å². The Balaban J connectivity index is 1.68. The first-order valence-corrected chi connectivity index (χ1v) is 12.7. The fourth-order valence-electron chi connectivity index (χ4n) is 3.80. The van der Waals surface area contributed by atoms with Crippen molar-refractivity contribution in [1.82, 2.24) is 9.55 Å². The van der Waals surface area contributed by atoms with Gasteiger partial charge in [0, 0.05) is 21.1 Å². The smallest absolute Gasteiger partial charge is 0.267 e. The third-order valence-corrected chi connectivity index (χ3v) is 8.98. The second-order valence-electron chi connectivity index (χ2n) is 8.05. The van der Waals surface area contributed by atoms with E-state index in [1.165, 1.54) is 16.0 Å². The van der Waals surface area contributed by atoms with Gasteiger partial charge in [-0.1, -0.05) is 74.1 Å². The number of aromatic nitrogens is 2. The monoisotopic (exact) mass is 450 g/mol. The summed E-state index contributed by atoms with van der Waals surface area (Å²) in [6.45, 7) is 4.52. The first-order chi connectivity index (χ1) is 14.5. The average Bonchev–Trinajstić information content (AvgIpc) is 3.10. The first kappa shape index (κ1) is 19.9. The molecule has 0 radical (unpaired) electrons. The van der Waals surface area contributed by atoms with Crippen molar-refractivity contribution >= 4 is 45.1 Å². The third kappa shape index (κ3) is 3.72. The van der Waals surface area contributed by atoms with Crippen molar-refractivity contribution in [1.29, 1.82) is 0 Å². The maximum atomic E-state index is 13.8. The summed E-state index contributed by atoms with van der Waals surface area (Å²) in [5.41, 5.74) is 3.36. The van der Waals surface area contributed by atoms with Gasteiger partial charge in [0.1, 0.15) is 4.83 Å². The average molecular weight is 451 g/mol. The number of hydrogen-bond donors (Lipinski definition) is 0. The maximum Gasteiger partial charge on any atom is 0.267 e. The molecule has 0 bridgehead atoms. The van der Waals surface area contributed by atoms with E-state index < -0.39 is 0 Å². The topological polar surface area (TPSA) is 34.9 Å². The van der Waals surface area contributed by atoms with Crippen molar-refractivity contribution in [2.24, 2.45) is 0 Å². The van der Waals surface area contributed by atoms with Gasteiger partial charge in [-0.25, -0.2) is 4.98 Å². The second kappa shape index (κ2) is 7.91. The number of thiophene rings is 1. The van der Waals surface area contributed by atoms with Crippen molar-refractivity contribution in [2.75, 3.05) is 0 Å². The number of nitrogens with zero attached hydrogens (tertiary/aromatic N) is 2. The molecule has 5 rings (SSSR count). The van der Waals surface area contributed by atoms with E-state index >= 15 is 0 Å². The molecule has 152 valence electrons. The van der Waals surface area contributed by atoms with Crippen LogP contribution in [0.1, 0.15) is 29.9 Å². The standard InChI is InChI=1S/C24H22N2OS3/c1-24(2)13-18-19(15-29-24)30-21-20(18)22(27)26(17-11-7-4-8-12-17)23(25-21)28-14-16-9-5-3-6-10-16/h3-12H,13-15H2,1-2H3. The SMILES string of the molecule is CC1(C)Cc2c(sc3nc(SCc4ccccc4)n(-c4ccccc4)c(=O)c23)CS1. The van der Waals surface area contributed by atoms with E-state index in [2.05, 4.69) is 26.0 Å². The summed E-state index contributed by atoms with van der Waals surface area (Å²) in [6.07, 6.45) is 0.912. The molecule has 3 nitrogen and oxygen atoms in total. The van der Waals surface area contributed by atoms with Gasteiger partial charge in [-0.15, -0.1) is 23.1 Å². The minimum absolute atomic E-state index is 0.0574. The summed E-state index contributed by atoms with van der Waals surface area (Å²) in [5, 5.41) is 1.57. The van der Waals surface area contributed by atoms with Crippen LogP contribution in [0.25, 0.3) is 15.9 Å². The Labute approximate surface area is 188 Å². The molecule has 1 aliphatic rings. The van der Waals surface area contributed by atoms with Crippen molar-refractivity contribution in [3.63, 3.8) is 0 Å². The summed E-state index contributed by atoms with van der Waals surface area (Å²) < 4.78 is 1.95. The molecule has 0 spiro atoms. The predicted octanol–water partition coefficient (Wildman–Crippen LogP) is 6.31. The Morgan fingerprint density at radius 2 is 1.77 bits per heavy atom. The van der Waals surface area contributed by atoms with Gasteiger partial charge < -0.3 is 0 Å². The molecule has 4 aromatic rings. The van der Waals surface area contributed by atoms with E-state index in [1.807, 2.05) is 60.3 Å². The van der Waals surface area contributed by atoms with Gasteiger partial charge in [0.05, 0.1) is 11.1 Å². The molecule has 0 amide bonds. The fraction of sp³-hybridized carbons (Fsp3) is 0.250. The highest BCUT2D eigenvalue weighted by Crippen LogP contribution is 2.44. The van der Waals surface area contributed by atoms with Crippen LogP contribution in [0, 0.1) is 0 Å². The van der Waals surface area contributed by atoms with E-state index in [4.69, 9.17) is 4.98 Å². The van der Waals surface area contributed by atoms with Crippen LogP contribution in [0.4, 0.5) is 0 Å². The fourth-order valence-corrected chi connectivity index (χ4v) is 7.15. The lowest BCUT2D eigenvalue weighted by Gasteiger charge is -2.28. The van der Waals surface area contributed by atoms with Crippen molar-refractivity contribution in [3.05, 3.63) is 87.0 Å². The molecular formula is C24H22N2OS3. The zero-order valence-corrected chi connectivity index (χ0v) is 19.4. The lowest BCUT2D eigenvalue weighted by molar-refractivity contribution is 0.698. The van der Waals surface area contributed by atoms with Crippen molar-refractivity contribution < 1.29 is 0 Å². The Morgan fingerprint density at radius 3 is 2.50 bits per heavy atom. The first-order valence-electron chi connectivity index (χ1n) is 9.95. The minimum atomic E-state index is 0.0574. The van der Waals surface area contributed by atoms with E-state index in [9.17, 15) is 4.79 Å². The molecule has 6 heteroatoms. The molecule has 2 aromatic heterocycles.